The molecule has 0 radical (unpaired) electrons. The lowest BCUT2D eigenvalue weighted by Crippen LogP contribution is -2.44. The highest BCUT2D eigenvalue weighted by molar-refractivity contribution is 5.99. The maximum Gasteiger partial charge on any atom is 0.311 e. The normalized spacial score (nSPS) is 16.2. The molecule has 1 fully saturated rings. The number of fused-ring (bicyclic) bond motifs is 1. The number of pyridine rings is 1. The summed E-state index contributed by atoms with van der Waals surface area (Å²) in [5.74, 6) is -0.390. The average Bonchev–Trinajstić information content (AvgIpc) is 2.65. The Morgan fingerprint density at radius 1 is 1.23 bits per heavy atom. The molecule has 0 aliphatic heterocycles. The van der Waals surface area contributed by atoms with E-state index in [1.54, 1.807) is 20.1 Å². The number of nitrogens with one attached hydrogen (secondary N) is 1. The number of carboxylic acid groups (broad SMARTS) is 1. The van der Waals surface area contributed by atoms with Crippen LogP contribution in [-0.4, -0.2) is 35.6 Å². The van der Waals surface area contributed by atoms with Crippen molar-refractivity contribution < 1.29 is 19.4 Å². The SMILES string of the molecule is COc1ccc2cc(C(=O)NCC3(C(=O)O)CCCCC3)c(C)nc2c1. The molecule has 6 heteroatoms. The molecule has 0 bridgehead atoms. The number of carbonyl (C=O) groups is 2. The van der Waals surface area contributed by atoms with Gasteiger partial charge in [-0.1, -0.05) is 19.3 Å². The van der Waals surface area contributed by atoms with Gasteiger partial charge in [0, 0.05) is 18.0 Å². The number of aliphatic carboxylic acids is 1. The van der Waals surface area contributed by atoms with E-state index in [4.69, 9.17) is 4.74 Å². The van der Waals surface area contributed by atoms with Gasteiger partial charge >= 0.3 is 5.97 Å². The molecule has 1 aliphatic carbocycles. The van der Waals surface area contributed by atoms with Crippen LogP contribution in [0.25, 0.3) is 10.9 Å². The predicted molar refractivity (Wildman–Crippen MR) is 98.5 cm³/mol. The fourth-order valence-electron chi connectivity index (χ4n) is 3.64. The second-order valence-corrected chi connectivity index (χ2v) is 7.01. The van der Waals surface area contributed by atoms with Crippen LogP contribution in [0.15, 0.2) is 24.3 Å². The predicted octanol–water partition coefficient (Wildman–Crippen LogP) is 3.32. The maximum atomic E-state index is 12.7. The molecule has 0 saturated heterocycles. The molecule has 0 spiro atoms. The summed E-state index contributed by atoms with van der Waals surface area (Å²) in [7, 11) is 1.60. The zero-order valence-corrected chi connectivity index (χ0v) is 15.2. The van der Waals surface area contributed by atoms with E-state index in [9.17, 15) is 14.7 Å². The Labute approximate surface area is 152 Å². The summed E-state index contributed by atoms with van der Waals surface area (Å²) < 4.78 is 5.20. The fraction of sp³-hybridized carbons (Fsp3) is 0.450. The number of hydrogen-bond donors (Lipinski definition) is 2. The first kappa shape index (κ1) is 18.2. The molecular formula is C20H24N2O4. The van der Waals surface area contributed by atoms with E-state index < -0.39 is 11.4 Å². The molecular weight excluding hydrogens is 332 g/mol. The number of benzene rings is 1. The van der Waals surface area contributed by atoms with Crippen molar-refractivity contribution in [2.45, 2.75) is 39.0 Å². The number of rotatable bonds is 5. The van der Waals surface area contributed by atoms with Crippen molar-refractivity contribution in [3.63, 3.8) is 0 Å². The van der Waals surface area contributed by atoms with Crippen molar-refractivity contribution in [1.29, 1.82) is 0 Å². The minimum atomic E-state index is -0.848. The van der Waals surface area contributed by atoms with Crippen LogP contribution in [0, 0.1) is 12.3 Å². The molecule has 138 valence electrons. The lowest BCUT2D eigenvalue weighted by Gasteiger charge is -2.33. The number of carbonyl (C=O) groups excluding carboxylic acids is 1. The van der Waals surface area contributed by atoms with Crippen molar-refractivity contribution in [3.05, 3.63) is 35.5 Å². The number of ether oxygens (including phenoxy) is 1. The number of hydrogen-bond acceptors (Lipinski definition) is 4. The minimum absolute atomic E-state index is 0.154. The Bertz CT molecular complexity index is 841. The largest absolute Gasteiger partial charge is 0.497 e. The van der Waals surface area contributed by atoms with Gasteiger partial charge in [-0.25, -0.2) is 0 Å². The summed E-state index contributed by atoms with van der Waals surface area (Å²) in [6.07, 6.45) is 4.05. The molecule has 1 heterocycles. The zero-order valence-electron chi connectivity index (χ0n) is 15.2. The summed E-state index contributed by atoms with van der Waals surface area (Å²) in [6.45, 7) is 1.93. The Hall–Kier alpha value is -2.63. The summed E-state index contributed by atoms with van der Waals surface area (Å²) in [6, 6.07) is 7.30. The number of nitrogens with zero attached hydrogens (tertiary/aromatic N) is 1. The summed E-state index contributed by atoms with van der Waals surface area (Å²) in [5, 5.41) is 13.3. The molecule has 0 atom stereocenters. The van der Waals surface area contributed by atoms with E-state index in [1.807, 2.05) is 18.2 Å². The Morgan fingerprint density at radius 3 is 2.62 bits per heavy atom. The molecule has 3 rings (SSSR count). The van der Waals surface area contributed by atoms with Gasteiger partial charge in [0.15, 0.2) is 0 Å². The molecule has 2 aromatic rings. The van der Waals surface area contributed by atoms with Gasteiger partial charge in [-0.05, 0) is 38.0 Å². The number of amides is 1. The van der Waals surface area contributed by atoms with Gasteiger partial charge in [0.2, 0.25) is 0 Å². The van der Waals surface area contributed by atoms with Gasteiger partial charge in [-0.15, -0.1) is 0 Å². The molecule has 2 N–H and O–H groups in total. The van der Waals surface area contributed by atoms with Crippen molar-refractivity contribution in [2.24, 2.45) is 5.41 Å². The van der Waals surface area contributed by atoms with Gasteiger partial charge in [0.1, 0.15) is 5.75 Å². The van der Waals surface area contributed by atoms with Gasteiger partial charge in [0.25, 0.3) is 5.91 Å². The smallest absolute Gasteiger partial charge is 0.311 e. The Morgan fingerprint density at radius 2 is 1.96 bits per heavy atom. The molecule has 1 aromatic carbocycles. The molecule has 1 saturated carbocycles. The third kappa shape index (κ3) is 3.49. The van der Waals surface area contributed by atoms with E-state index >= 15 is 0 Å². The Balaban J connectivity index is 1.81. The average molecular weight is 356 g/mol. The van der Waals surface area contributed by atoms with Gasteiger partial charge in [0.05, 0.1) is 29.3 Å². The first-order valence-corrected chi connectivity index (χ1v) is 8.92. The summed E-state index contributed by atoms with van der Waals surface area (Å²) >= 11 is 0. The highest BCUT2D eigenvalue weighted by Gasteiger charge is 2.39. The van der Waals surface area contributed by atoms with Crippen LogP contribution in [0.4, 0.5) is 0 Å². The van der Waals surface area contributed by atoms with Gasteiger partial charge in [-0.3, -0.25) is 14.6 Å². The molecule has 0 unspecified atom stereocenters. The minimum Gasteiger partial charge on any atom is -0.497 e. The highest BCUT2D eigenvalue weighted by Crippen LogP contribution is 2.36. The van der Waals surface area contributed by atoms with Crippen molar-refractivity contribution >= 4 is 22.8 Å². The first-order chi connectivity index (χ1) is 12.4. The Kier molecular flexibility index (Phi) is 5.11. The van der Waals surface area contributed by atoms with Crippen LogP contribution >= 0.6 is 0 Å². The van der Waals surface area contributed by atoms with Crippen molar-refractivity contribution in [2.75, 3.05) is 13.7 Å². The standard InChI is InChI=1S/C20H24N2O4/c1-13-16(10-14-6-7-15(26-2)11-17(14)22-13)18(23)21-12-20(19(24)25)8-4-3-5-9-20/h6-7,10-11H,3-5,8-9,12H2,1-2H3,(H,21,23)(H,24,25). The van der Waals surface area contributed by atoms with E-state index in [-0.39, 0.29) is 12.5 Å². The lowest BCUT2D eigenvalue weighted by atomic mass is 9.74. The second-order valence-electron chi connectivity index (χ2n) is 7.01. The van der Waals surface area contributed by atoms with Crippen LogP contribution in [0.5, 0.6) is 5.75 Å². The van der Waals surface area contributed by atoms with Crippen LogP contribution in [-0.2, 0) is 4.79 Å². The molecule has 1 aliphatic rings. The van der Waals surface area contributed by atoms with E-state index in [2.05, 4.69) is 10.3 Å². The monoisotopic (exact) mass is 356 g/mol. The number of aryl methyl sites for hydroxylation is 1. The maximum absolute atomic E-state index is 12.7. The zero-order chi connectivity index (χ0) is 18.7. The van der Waals surface area contributed by atoms with Gasteiger partial charge < -0.3 is 15.2 Å². The second kappa shape index (κ2) is 7.32. The molecule has 26 heavy (non-hydrogen) atoms. The van der Waals surface area contributed by atoms with Crippen molar-refractivity contribution in [1.82, 2.24) is 10.3 Å². The summed E-state index contributed by atoms with van der Waals surface area (Å²) in [4.78, 5) is 28.9. The topological polar surface area (TPSA) is 88.5 Å². The number of aromatic nitrogens is 1. The molecule has 6 nitrogen and oxygen atoms in total. The fourth-order valence-corrected chi connectivity index (χ4v) is 3.64. The van der Waals surface area contributed by atoms with Gasteiger partial charge in [-0.2, -0.15) is 0 Å². The van der Waals surface area contributed by atoms with E-state index in [0.717, 1.165) is 30.2 Å². The van der Waals surface area contributed by atoms with E-state index in [1.165, 1.54) is 0 Å². The van der Waals surface area contributed by atoms with E-state index in [0.29, 0.717) is 29.8 Å². The van der Waals surface area contributed by atoms with Crippen LogP contribution < -0.4 is 10.1 Å². The first-order valence-electron chi connectivity index (χ1n) is 8.92. The van der Waals surface area contributed by atoms with Crippen LogP contribution in [0.1, 0.15) is 48.2 Å². The number of carboxylic acids is 1. The quantitative estimate of drug-likeness (QED) is 0.858. The molecule has 1 amide bonds. The summed E-state index contributed by atoms with van der Waals surface area (Å²) in [5.41, 5.74) is 0.988. The molecule has 1 aromatic heterocycles. The van der Waals surface area contributed by atoms with Crippen LogP contribution in [0.2, 0.25) is 0 Å². The van der Waals surface area contributed by atoms with Crippen molar-refractivity contribution in [3.8, 4) is 5.75 Å². The highest BCUT2D eigenvalue weighted by atomic mass is 16.5. The third-order valence-electron chi connectivity index (χ3n) is 5.31. The number of methoxy groups -OCH3 is 1. The van der Waals surface area contributed by atoms with Crippen LogP contribution in [0.3, 0.4) is 0 Å². The lowest BCUT2D eigenvalue weighted by molar-refractivity contribution is -0.150. The third-order valence-corrected chi connectivity index (χ3v) is 5.31.